The molecular formula is C16H17NO. The molecule has 2 aromatic rings. The fraction of sp³-hybridized carbons (Fsp3) is 0.188. The van der Waals surface area contributed by atoms with Gasteiger partial charge in [-0.15, -0.1) is 0 Å². The van der Waals surface area contributed by atoms with Gasteiger partial charge in [0.2, 0.25) is 0 Å². The van der Waals surface area contributed by atoms with E-state index in [1.807, 2.05) is 42.6 Å². The average Bonchev–Trinajstić information content (AvgIpc) is 2.45. The van der Waals surface area contributed by atoms with Crippen molar-refractivity contribution in [3.63, 3.8) is 0 Å². The Kier molecular flexibility index (Phi) is 5.00. The topological polar surface area (TPSA) is 21.6 Å². The molecule has 2 heteroatoms. The van der Waals surface area contributed by atoms with Crippen LogP contribution in [0, 0.1) is 0 Å². The van der Waals surface area contributed by atoms with Crippen molar-refractivity contribution in [2.45, 2.75) is 19.4 Å². The van der Waals surface area contributed by atoms with Crippen LogP contribution in [0.4, 0.5) is 0 Å². The second-order valence-electron chi connectivity index (χ2n) is 4.07. The summed E-state index contributed by atoms with van der Waals surface area (Å²) >= 11 is 0. The van der Waals surface area contributed by atoms with Crippen molar-refractivity contribution >= 4 is 6.21 Å². The zero-order chi connectivity index (χ0) is 12.5. The van der Waals surface area contributed by atoms with Crippen LogP contribution >= 0.6 is 0 Å². The zero-order valence-electron chi connectivity index (χ0n) is 10.3. The molecule has 92 valence electrons. The molecule has 0 atom stereocenters. The van der Waals surface area contributed by atoms with E-state index in [0.717, 1.165) is 18.4 Å². The Morgan fingerprint density at radius 2 is 1.44 bits per heavy atom. The van der Waals surface area contributed by atoms with E-state index in [2.05, 4.69) is 29.4 Å². The molecule has 2 rings (SSSR count). The standard InChI is InChI=1S/C16H17NO/c1-3-8-15(9-4-1)12-7-13-17-18-14-16-10-5-2-6-11-16/h1-6,8-11,13H,7,12,14H2/b17-13+. The minimum Gasteiger partial charge on any atom is -0.391 e. The number of rotatable bonds is 6. The van der Waals surface area contributed by atoms with E-state index < -0.39 is 0 Å². The number of benzene rings is 2. The molecule has 0 spiro atoms. The normalized spacial score (nSPS) is 10.7. The van der Waals surface area contributed by atoms with Gasteiger partial charge in [-0.05, 0) is 24.0 Å². The third-order valence-corrected chi connectivity index (χ3v) is 2.63. The van der Waals surface area contributed by atoms with Crippen molar-refractivity contribution in [3.8, 4) is 0 Å². The van der Waals surface area contributed by atoms with Crippen molar-refractivity contribution < 1.29 is 4.84 Å². The van der Waals surface area contributed by atoms with Gasteiger partial charge in [0.25, 0.3) is 0 Å². The molecular weight excluding hydrogens is 222 g/mol. The highest BCUT2D eigenvalue weighted by atomic mass is 16.6. The lowest BCUT2D eigenvalue weighted by atomic mass is 10.1. The molecule has 0 heterocycles. The summed E-state index contributed by atoms with van der Waals surface area (Å²) in [6, 6.07) is 20.4. The molecule has 0 saturated carbocycles. The van der Waals surface area contributed by atoms with Crippen LogP contribution in [0.3, 0.4) is 0 Å². The maximum absolute atomic E-state index is 5.23. The Morgan fingerprint density at radius 3 is 2.11 bits per heavy atom. The number of nitrogens with zero attached hydrogens (tertiary/aromatic N) is 1. The van der Waals surface area contributed by atoms with E-state index >= 15 is 0 Å². The Balaban J connectivity index is 1.64. The highest BCUT2D eigenvalue weighted by Gasteiger charge is 1.90. The first-order valence-electron chi connectivity index (χ1n) is 6.17. The minimum atomic E-state index is 0.530. The predicted molar refractivity (Wildman–Crippen MR) is 74.5 cm³/mol. The van der Waals surface area contributed by atoms with Crippen LogP contribution in [0.25, 0.3) is 0 Å². The molecule has 2 aromatic carbocycles. The van der Waals surface area contributed by atoms with Gasteiger partial charge in [-0.2, -0.15) is 0 Å². The second kappa shape index (κ2) is 7.28. The number of hydrogen-bond acceptors (Lipinski definition) is 2. The molecule has 0 N–H and O–H groups in total. The largest absolute Gasteiger partial charge is 0.391 e. The zero-order valence-corrected chi connectivity index (χ0v) is 10.3. The third-order valence-electron chi connectivity index (χ3n) is 2.63. The molecule has 0 aliphatic carbocycles. The van der Waals surface area contributed by atoms with Crippen LogP contribution in [0.5, 0.6) is 0 Å². The molecule has 0 unspecified atom stereocenters. The van der Waals surface area contributed by atoms with Crippen molar-refractivity contribution in [2.75, 3.05) is 0 Å². The maximum atomic E-state index is 5.23. The first-order valence-corrected chi connectivity index (χ1v) is 6.17. The summed E-state index contributed by atoms with van der Waals surface area (Å²) in [6.07, 6.45) is 3.73. The van der Waals surface area contributed by atoms with Gasteiger partial charge in [0.15, 0.2) is 0 Å². The molecule has 2 nitrogen and oxygen atoms in total. The summed E-state index contributed by atoms with van der Waals surface area (Å²) in [6.45, 7) is 0.530. The van der Waals surface area contributed by atoms with E-state index in [4.69, 9.17) is 4.84 Å². The lowest BCUT2D eigenvalue weighted by Crippen LogP contribution is -1.88. The van der Waals surface area contributed by atoms with Gasteiger partial charge >= 0.3 is 0 Å². The molecule has 0 saturated heterocycles. The van der Waals surface area contributed by atoms with Gasteiger partial charge in [0.05, 0.1) is 0 Å². The monoisotopic (exact) mass is 239 g/mol. The fourth-order valence-electron chi connectivity index (χ4n) is 1.67. The lowest BCUT2D eigenvalue weighted by Gasteiger charge is -1.99. The van der Waals surface area contributed by atoms with Crippen LogP contribution in [0.15, 0.2) is 65.8 Å². The summed E-state index contributed by atoms with van der Waals surface area (Å²) in [4.78, 5) is 5.23. The van der Waals surface area contributed by atoms with Crippen LogP contribution in [0.2, 0.25) is 0 Å². The Morgan fingerprint density at radius 1 is 0.833 bits per heavy atom. The predicted octanol–water partition coefficient (Wildman–Crippen LogP) is 3.82. The number of aryl methyl sites for hydroxylation is 1. The molecule has 0 bridgehead atoms. The molecule has 0 aromatic heterocycles. The fourth-order valence-corrected chi connectivity index (χ4v) is 1.67. The van der Waals surface area contributed by atoms with E-state index in [9.17, 15) is 0 Å². The molecule has 0 fully saturated rings. The summed E-state index contributed by atoms with van der Waals surface area (Å²) in [7, 11) is 0. The minimum absolute atomic E-state index is 0.530. The average molecular weight is 239 g/mol. The SMILES string of the molecule is C(/CCc1ccccc1)=N\OCc1ccccc1. The maximum Gasteiger partial charge on any atom is 0.142 e. The van der Waals surface area contributed by atoms with Crippen LogP contribution in [0.1, 0.15) is 17.5 Å². The highest BCUT2D eigenvalue weighted by Crippen LogP contribution is 2.02. The first-order chi connectivity index (χ1) is 8.95. The van der Waals surface area contributed by atoms with Crippen molar-refractivity contribution in [2.24, 2.45) is 5.16 Å². The Bertz CT molecular complexity index is 419. The van der Waals surface area contributed by atoms with Crippen molar-refractivity contribution in [1.82, 2.24) is 0 Å². The summed E-state index contributed by atoms with van der Waals surface area (Å²) in [5, 5.41) is 3.96. The van der Waals surface area contributed by atoms with Crippen LogP contribution in [-0.4, -0.2) is 6.21 Å². The smallest absolute Gasteiger partial charge is 0.142 e. The highest BCUT2D eigenvalue weighted by molar-refractivity contribution is 5.56. The van der Waals surface area contributed by atoms with Crippen LogP contribution in [-0.2, 0) is 17.9 Å². The second-order valence-corrected chi connectivity index (χ2v) is 4.07. The van der Waals surface area contributed by atoms with E-state index in [1.165, 1.54) is 5.56 Å². The quantitative estimate of drug-likeness (QED) is 0.554. The van der Waals surface area contributed by atoms with Crippen molar-refractivity contribution in [3.05, 3.63) is 71.8 Å². The van der Waals surface area contributed by atoms with Crippen LogP contribution < -0.4 is 0 Å². The third kappa shape index (κ3) is 4.42. The molecule has 0 radical (unpaired) electrons. The van der Waals surface area contributed by atoms with E-state index in [0.29, 0.717) is 6.61 Å². The van der Waals surface area contributed by atoms with Gasteiger partial charge < -0.3 is 4.84 Å². The molecule has 0 amide bonds. The number of oxime groups is 1. The van der Waals surface area contributed by atoms with Gasteiger partial charge in [0, 0.05) is 6.21 Å². The molecule has 0 aliphatic rings. The summed E-state index contributed by atoms with van der Waals surface area (Å²) in [5.41, 5.74) is 2.46. The van der Waals surface area contributed by atoms with Crippen molar-refractivity contribution in [1.29, 1.82) is 0 Å². The van der Waals surface area contributed by atoms with Gasteiger partial charge in [0.1, 0.15) is 6.61 Å². The Hall–Kier alpha value is -2.09. The molecule has 0 aliphatic heterocycles. The van der Waals surface area contributed by atoms with Gasteiger partial charge in [-0.3, -0.25) is 0 Å². The summed E-state index contributed by atoms with van der Waals surface area (Å²) in [5.74, 6) is 0. The summed E-state index contributed by atoms with van der Waals surface area (Å²) < 4.78 is 0. The first kappa shape index (κ1) is 12.4. The molecule has 18 heavy (non-hydrogen) atoms. The van der Waals surface area contributed by atoms with Gasteiger partial charge in [-0.1, -0.05) is 65.8 Å². The lowest BCUT2D eigenvalue weighted by molar-refractivity contribution is 0.131. The number of hydrogen-bond donors (Lipinski definition) is 0. The van der Waals surface area contributed by atoms with E-state index in [1.54, 1.807) is 0 Å². The van der Waals surface area contributed by atoms with Gasteiger partial charge in [-0.25, -0.2) is 0 Å². The van der Waals surface area contributed by atoms with E-state index in [-0.39, 0.29) is 0 Å². The Labute approximate surface area is 108 Å².